The number of methoxy groups -OCH3 is 2. The van der Waals surface area contributed by atoms with E-state index in [9.17, 15) is 48.9 Å². The third kappa shape index (κ3) is 17.8. The first-order chi connectivity index (χ1) is 38.9. The van der Waals surface area contributed by atoms with Crippen LogP contribution in [0.1, 0.15) is 115 Å². The fourth-order valence-corrected chi connectivity index (χ4v) is 12.0. The number of hydrogen-bond acceptors (Lipinski definition) is 18. The summed E-state index contributed by atoms with van der Waals surface area (Å²) in [7, 11) is 6.19. The second-order valence-corrected chi connectivity index (χ2v) is 23.5. The topological polar surface area (TPSA) is 299 Å². The predicted octanol–water partition coefficient (Wildman–Crippen LogP) is 5.01. The van der Waals surface area contributed by atoms with Crippen LogP contribution in [-0.2, 0) is 60.7 Å². The van der Waals surface area contributed by atoms with Crippen molar-refractivity contribution in [2.24, 2.45) is 35.4 Å². The Kier molecular flexibility index (Phi) is 25.8. The highest BCUT2D eigenvalue weighted by atomic mass is 32.1. The molecular weight excluding hydrogens is 1080 g/mol. The molecule has 0 bridgehead atoms. The molecule has 12 atom stereocenters. The largest absolute Gasteiger partial charge is 0.460 e. The molecule has 1 aromatic heterocycles. The first kappa shape index (κ1) is 66.9. The van der Waals surface area contributed by atoms with Crippen molar-refractivity contribution in [1.82, 2.24) is 25.1 Å². The van der Waals surface area contributed by atoms with E-state index >= 15 is 0 Å². The number of rotatable bonds is 30. The van der Waals surface area contributed by atoms with E-state index in [0.717, 1.165) is 17.0 Å². The first-order valence-electron chi connectivity index (χ1n) is 28.2. The van der Waals surface area contributed by atoms with Crippen LogP contribution in [0.25, 0.3) is 0 Å². The maximum atomic E-state index is 14.8. The number of aliphatic hydroxyl groups excluding tert-OH is 3. The summed E-state index contributed by atoms with van der Waals surface area (Å²) < 4.78 is 29.1. The Morgan fingerprint density at radius 3 is 2.13 bits per heavy atom. The molecule has 2 saturated heterocycles. The second-order valence-electron chi connectivity index (χ2n) is 22.6. The molecular formula is C59H87N7O15S. The van der Waals surface area contributed by atoms with Crippen LogP contribution < -0.4 is 21.3 Å². The molecule has 3 aromatic rings. The standard InChI is InChI=1S/C59H87N7O15S/c1-33(2)40(29-44(68)51(34(3)4)65(9)59(76)80-31-38-19-20-46(81-58-54(74)53(73)45(69)32-79-58)41(27-38)62-48(70)21-22-49(71)63-60)57(75)64(8)52(35(5)6)47(77-10)30-50(72)66-24-15-18-42(66)55(78-11)36(7)43(67)28-39(56-61-23-25-82-56)26-37-16-13-12-14-17-37/h12-14,16-17,19-20,23,25,27,33-36,39-40,42,45,47,51-55,58,69,73-74H,15,18,21-22,24,26,28-32,60H2,1-11H3,(H,62,70)(H,63,71)/t36-,39+,40-,42-,45+,47+,51-,52-,53-,54?,55+,58-/m0/s1. The monoisotopic (exact) mass is 1170 g/mol. The first-order valence-corrected chi connectivity index (χ1v) is 29.0. The summed E-state index contributed by atoms with van der Waals surface area (Å²) in [5.41, 5.74) is 3.45. The van der Waals surface area contributed by atoms with E-state index in [2.05, 4.69) is 10.3 Å². The molecule has 2 aliphatic rings. The summed E-state index contributed by atoms with van der Waals surface area (Å²) in [6.45, 7) is 12.8. The summed E-state index contributed by atoms with van der Waals surface area (Å²) in [4.78, 5) is 106. The van der Waals surface area contributed by atoms with Gasteiger partial charge in [-0.3, -0.25) is 34.2 Å². The minimum Gasteiger partial charge on any atom is -0.460 e. The Hall–Kier alpha value is -5.92. The van der Waals surface area contributed by atoms with Gasteiger partial charge in [-0.2, -0.15) is 0 Å². The van der Waals surface area contributed by atoms with E-state index in [-0.39, 0.29) is 104 Å². The molecule has 0 spiro atoms. The number of hydrogen-bond donors (Lipinski definition) is 6. The summed E-state index contributed by atoms with van der Waals surface area (Å²) in [6, 6.07) is 12.4. The Morgan fingerprint density at radius 1 is 0.829 bits per heavy atom. The number of thiazole rings is 1. The minimum atomic E-state index is -1.66. The Bertz CT molecular complexity index is 2570. The Morgan fingerprint density at radius 2 is 1.52 bits per heavy atom. The molecule has 0 radical (unpaired) electrons. The molecule has 22 nitrogen and oxygen atoms in total. The maximum absolute atomic E-state index is 14.8. The summed E-state index contributed by atoms with van der Waals surface area (Å²) in [5.74, 6) is 0.704. The van der Waals surface area contributed by atoms with Crippen LogP contribution in [0.15, 0.2) is 60.1 Å². The number of hydrazine groups is 1. The zero-order chi connectivity index (χ0) is 60.5. The van der Waals surface area contributed by atoms with Gasteiger partial charge >= 0.3 is 6.09 Å². The maximum Gasteiger partial charge on any atom is 0.410 e. The van der Waals surface area contributed by atoms with Crippen molar-refractivity contribution >= 4 is 58.3 Å². The third-order valence-corrected chi connectivity index (χ3v) is 16.6. The third-order valence-electron chi connectivity index (χ3n) is 15.7. The number of likely N-dealkylation sites (N-methyl/N-ethyl adjacent to an activating group) is 2. The number of Topliss-reactive ketones (excluding diaryl/α,β-unsaturated/α-hetero) is 2. The van der Waals surface area contributed by atoms with Gasteiger partial charge in [0.1, 0.15) is 36.5 Å². The number of likely N-dealkylation sites (tertiary alicyclic amines) is 1. The van der Waals surface area contributed by atoms with Gasteiger partial charge in [-0.1, -0.05) is 84.9 Å². The summed E-state index contributed by atoms with van der Waals surface area (Å²) >= 11 is 1.53. The summed E-state index contributed by atoms with van der Waals surface area (Å²) in [5, 5.41) is 36.1. The molecule has 5 amide bonds. The number of amides is 5. The average molecular weight is 1170 g/mol. The quantitative estimate of drug-likeness (QED) is 0.0290. The van der Waals surface area contributed by atoms with Gasteiger partial charge in [-0.25, -0.2) is 15.6 Å². The highest BCUT2D eigenvalue weighted by Crippen LogP contribution is 2.35. The van der Waals surface area contributed by atoms with Crippen LogP contribution >= 0.6 is 11.3 Å². The lowest BCUT2D eigenvalue weighted by atomic mass is 9.84. The normalized spacial score (nSPS) is 20.8. The van der Waals surface area contributed by atoms with Crippen molar-refractivity contribution in [2.75, 3.05) is 46.8 Å². The van der Waals surface area contributed by atoms with Gasteiger partial charge in [0.25, 0.3) is 0 Å². The number of nitrogens with zero attached hydrogens (tertiary/aromatic N) is 4. The van der Waals surface area contributed by atoms with Crippen LogP contribution in [-0.4, -0.2) is 173 Å². The second kappa shape index (κ2) is 31.7. The van der Waals surface area contributed by atoms with Gasteiger partial charge in [-0.15, -0.1) is 11.3 Å². The molecule has 2 fully saturated rings. The molecule has 0 saturated carbocycles. The van der Waals surface area contributed by atoms with Gasteiger partial charge in [0.2, 0.25) is 29.9 Å². The molecule has 2 aliphatic heterocycles. The van der Waals surface area contributed by atoms with Crippen molar-refractivity contribution in [3.05, 3.63) is 76.2 Å². The number of carbonyl (C=O) groups excluding carboxylic acids is 7. The number of ketones is 2. The van der Waals surface area contributed by atoms with E-state index in [1.54, 1.807) is 44.0 Å². The van der Waals surface area contributed by atoms with Gasteiger partial charge in [-0.05, 0) is 60.3 Å². The van der Waals surface area contributed by atoms with Crippen molar-refractivity contribution in [3.8, 4) is 5.75 Å². The SMILES string of the molecule is CO[C@H]([C@@H](C)C(=O)C[C@@H](Cc1ccccc1)c1nccs1)[C@@H]1CCCN1C(=O)C[C@@H](OC)[C@H](C(C)C)N(C)C(=O)[C@@H](CC(=O)[C@H](C(C)C)N(C)C(=O)OCc1ccc(O[C@@H]2OC[C@@H](O)[C@H](O)C2O)c(NC(=O)CCC(=O)NN)c1)C(C)C. The average Bonchev–Trinajstić information content (AvgIpc) is 4.35. The van der Waals surface area contributed by atoms with E-state index < -0.39 is 84.6 Å². The molecule has 82 heavy (non-hydrogen) atoms. The smallest absolute Gasteiger partial charge is 0.410 e. The molecule has 1 unspecified atom stereocenters. The highest BCUT2D eigenvalue weighted by Gasteiger charge is 2.44. The van der Waals surface area contributed by atoms with Gasteiger partial charge in [0.15, 0.2) is 5.78 Å². The number of nitrogens with one attached hydrogen (secondary N) is 2. The predicted molar refractivity (Wildman–Crippen MR) is 306 cm³/mol. The summed E-state index contributed by atoms with van der Waals surface area (Å²) in [6.07, 6.45) is -4.91. The molecule has 7 N–H and O–H groups in total. The van der Waals surface area contributed by atoms with E-state index in [0.29, 0.717) is 24.9 Å². The van der Waals surface area contributed by atoms with E-state index in [1.165, 1.54) is 48.6 Å². The van der Waals surface area contributed by atoms with Crippen molar-refractivity contribution < 1.29 is 72.6 Å². The van der Waals surface area contributed by atoms with Crippen LogP contribution in [0.2, 0.25) is 0 Å². The fraction of sp³-hybridized carbons (Fsp3) is 0.627. The molecule has 5 rings (SSSR count). The number of aromatic nitrogens is 1. The number of anilines is 1. The zero-order valence-electron chi connectivity index (χ0n) is 49.2. The van der Waals surface area contributed by atoms with Crippen molar-refractivity contribution in [3.63, 3.8) is 0 Å². The van der Waals surface area contributed by atoms with Gasteiger partial charge < -0.3 is 59.0 Å². The fourth-order valence-electron chi connectivity index (χ4n) is 11.2. The molecule has 0 aliphatic carbocycles. The number of aliphatic hydroxyl groups is 3. The lowest BCUT2D eigenvalue weighted by Crippen LogP contribution is -2.54. The van der Waals surface area contributed by atoms with Crippen LogP contribution in [0.5, 0.6) is 5.75 Å². The van der Waals surface area contributed by atoms with Crippen molar-refractivity contribution in [2.45, 2.75) is 167 Å². The van der Waals surface area contributed by atoms with Crippen LogP contribution in [0.3, 0.4) is 0 Å². The lowest BCUT2D eigenvalue weighted by molar-refractivity contribution is -0.241. The number of carbonyl (C=O) groups is 7. The van der Waals surface area contributed by atoms with Crippen LogP contribution in [0, 0.1) is 29.6 Å². The van der Waals surface area contributed by atoms with Crippen molar-refractivity contribution in [1.29, 1.82) is 0 Å². The molecule has 2 aromatic carbocycles. The number of ether oxygens (including phenoxy) is 5. The molecule has 454 valence electrons. The lowest BCUT2D eigenvalue weighted by Gasteiger charge is -2.40. The molecule has 3 heterocycles. The van der Waals surface area contributed by atoms with Crippen LogP contribution in [0.4, 0.5) is 10.5 Å². The number of benzene rings is 2. The minimum absolute atomic E-state index is 0.0211. The molecule has 23 heteroatoms. The van der Waals surface area contributed by atoms with Gasteiger partial charge in [0, 0.05) is 89.9 Å². The Balaban J connectivity index is 1.25. The zero-order valence-corrected chi connectivity index (χ0v) is 50.0. The van der Waals surface area contributed by atoms with E-state index in [4.69, 9.17) is 29.5 Å². The van der Waals surface area contributed by atoms with E-state index in [1.807, 2.05) is 75.8 Å². The van der Waals surface area contributed by atoms with Gasteiger partial charge in [0.05, 0.1) is 54.1 Å². The number of nitrogens with two attached hydrogens (primary N) is 1. The highest BCUT2D eigenvalue weighted by molar-refractivity contribution is 7.09. The Labute approximate surface area is 485 Å².